The van der Waals surface area contributed by atoms with E-state index in [1.54, 1.807) is 35.6 Å². The van der Waals surface area contributed by atoms with Crippen molar-refractivity contribution in [2.24, 2.45) is 0 Å². The normalized spacial score (nSPS) is 11.5. The quantitative estimate of drug-likeness (QED) is 0.109. The van der Waals surface area contributed by atoms with E-state index in [2.05, 4.69) is 40.6 Å². The summed E-state index contributed by atoms with van der Waals surface area (Å²) in [6, 6.07) is 39.6. The van der Waals surface area contributed by atoms with Crippen LogP contribution in [0, 0.1) is 22.7 Å². The highest BCUT2D eigenvalue weighted by Crippen LogP contribution is 2.39. The predicted octanol–water partition coefficient (Wildman–Crippen LogP) is 10.3. The van der Waals surface area contributed by atoms with E-state index in [0.717, 1.165) is 43.5 Å². The summed E-state index contributed by atoms with van der Waals surface area (Å²) in [6.45, 7) is 0. The topological polar surface area (TPSA) is 125 Å². The molecule has 0 aliphatic rings. The Bertz CT molecular complexity index is 2120. The van der Waals surface area contributed by atoms with Crippen molar-refractivity contribution in [1.29, 1.82) is 10.5 Å². The standard InChI is InChI=1S/C38H23N3O4S3/c39-22-27(37(42)43)20-32-15-17-35(47-32)25-5-11-30(12-6-25)41(29-9-3-24(4-10-29)34-2-1-19-46-34)31-13-7-26(8-14-31)36-18-16-33(48-36)21-28(23-40)38(44)45/h1-21H,(H,42,43)(H,44,45)/b27-20-,28-21+. The number of nitrogens with zero attached hydrogens (tertiary/aromatic N) is 3. The molecule has 48 heavy (non-hydrogen) atoms. The van der Waals surface area contributed by atoms with Gasteiger partial charge in [0.15, 0.2) is 0 Å². The number of benzene rings is 3. The maximum atomic E-state index is 11.3. The van der Waals surface area contributed by atoms with Crippen molar-refractivity contribution in [3.63, 3.8) is 0 Å². The molecule has 0 aliphatic heterocycles. The number of nitriles is 2. The van der Waals surface area contributed by atoms with E-state index >= 15 is 0 Å². The number of thiophene rings is 3. The summed E-state index contributed by atoms with van der Waals surface area (Å²) in [5.74, 6) is -2.51. The molecule has 0 aliphatic carbocycles. The Kier molecular flexibility index (Phi) is 9.42. The first kappa shape index (κ1) is 31.9. The van der Waals surface area contributed by atoms with Crippen molar-refractivity contribution in [2.75, 3.05) is 4.90 Å². The SMILES string of the molecule is N#C/C(=C/c1ccc(-c2ccc(N(c3ccc(-c4cccs4)cc3)c3ccc(-c4ccc(/C=C(\C#N)C(=O)O)s4)cc3)cc2)s1)C(=O)O. The fraction of sp³-hybridized carbons (Fsp3) is 0. The molecule has 3 aromatic heterocycles. The first-order valence-corrected chi connectivity index (χ1v) is 16.9. The first-order valence-electron chi connectivity index (χ1n) is 14.4. The zero-order valence-corrected chi connectivity index (χ0v) is 27.4. The van der Waals surface area contributed by atoms with Crippen molar-refractivity contribution < 1.29 is 19.8 Å². The Morgan fingerprint density at radius 1 is 0.562 bits per heavy atom. The van der Waals surface area contributed by atoms with E-state index in [-0.39, 0.29) is 11.1 Å². The van der Waals surface area contributed by atoms with Crippen LogP contribution in [-0.2, 0) is 9.59 Å². The zero-order valence-electron chi connectivity index (χ0n) is 24.9. The van der Waals surface area contributed by atoms with E-state index in [1.807, 2.05) is 66.7 Å². The molecule has 10 heteroatoms. The highest BCUT2D eigenvalue weighted by molar-refractivity contribution is 7.16. The summed E-state index contributed by atoms with van der Waals surface area (Å²) in [6.07, 6.45) is 2.76. The number of aliphatic carboxylic acids is 2. The van der Waals surface area contributed by atoms with Crippen LogP contribution >= 0.6 is 34.0 Å². The first-order chi connectivity index (χ1) is 23.3. The molecule has 2 N–H and O–H groups in total. The molecule has 232 valence electrons. The monoisotopic (exact) mass is 681 g/mol. The second-order valence-electron chi connectivity index (χ2n) is 10.3. The molecule has 6 aromatic rings. The minimum Gasteiger partial charge on any atom is -0.477 e. The van der Waals surface area contributed by atoms with Gasteiger partial charge in [-0.15, -0.1) is 34.0 Å². The van der Waals surface area contributed by atoms with Crippen molar-refractivity contribution in [3.05, 3.63) is 135 Å². The fourth-order valence-corrected chi connectivity index (χ4v) is 7.60. The number of carboxylic acids is 2. The molecule has 0 amide bonds. The molecule has 3 heterocycles. The zero-order chi connectivity index (χ0) is 33.6. The summed E-state index contributed by atoms with van der Waals surface area (Å²) in [5, 5.41) is 38.7. The number of anilines is 3. The third kappa shape index (κ3) is 7.02. The molecule has 0 unspecified atom stereocenters. The lowest BCUT2D eigenvalue weighted by molar-refractivity contribution is -0.133. The van der Waals surface area contributed by atoms with Crippen LogP contribution in [0.4, 0.5) is 17.1 Å². The van der Waals surface area contributed by atoms with Crippen LogP contribution in [0.1, 0.15) is 9.75 Å². The highest BCUT2D eigenvalue weighted by Gasteiger charge is 2.15. The molecule has 0 radical (unpaired) electrons. The van der Waals surface area contributed by atoms with E-state index < -0.39 is 11.9 Å². The number of hydrogen-bond acceptors (Lipinski definition) is 8. The van der Waals surface area contributed by atoms with Crippen molar-refractivity contribution in [3.8, 4) is 43.5 Å². The molecule has 7 nitrogen and oxygen atoms in total. The maximum Gasteiger partial charge on any atom is 0.346 e. The van der Waals surface area contributed by atoms with Gasteiger partial charge >= 0.3 is 11.9 Å². The summed E-state index contributed by atoms with van der Waals surface area (Å²) in [7, 11) is 0. The Morgan fingerprint density at radius 2 is 0.958 bits per heavy atom. The van der Waals surface area contributed by atoms with Gasteiger partial charge in [0.1, 0.15) is 23.3 Å². The smallest absolute Gasteiger partial charge is 0.346 e. The molecule has 0 atom stereocenters. The Morgan fingerprint density at radius 3 is 1.29 bits per heavy atom. The summed E-state index contributed by atoms with van der Waals surface area (Å²) in [5.41, 5.74) is 5.28. The lowest BCUT2D eigenvalue weighted by atomic mass is 10.1. The Balaban J connectivity index is 1.32. The van der Waals surface area contributed by atoms with Gasteiger partial charge in [-0.25, -0.2) is 9.59 Å². The van der Waals surface area contributed by atoms with Crippen molar-refractivity contribution in [2.45, 2.75) is 0 Å². The number of carbonyl (C=O) groups is 2. The van der Waals surface area contributed by atoms with E-state index in [4.69, 9.17) is 10.5 Å². The number of hydrogen-bond donors (Lipinski definition) is 2. The molecule has 0 bridgehead atoms. The minimum atomic E-state index is -1.25. The average molecular weight is 682 g/mol. The van der Waals surface area contributed by atoms with Crippen LogP contribution < -0.4 is 4.90 Å². The predicted molar refractivity (Wildman–Crippen MR) is 194 cm³/mol. The highest BCUT2D eigenvalue weighted by atomic mass is 32.1. The largest absolute Gasteiger partial charge is 0.477 e. The Labute approximate surface area is 288 Å². The van der Waals surface area contributed by atoms with Crippen LogP contribution in [0.2, 0.25) is 0 Å². The second kappa shape index (κ2) is 14.2. The van der Waals surface area contributed by atoms with Crippen molar-refractivity contribution in [1.82, 2.24) is 0 Å². The summed E-state index contributed by atoms with van der Waals surface area (Å²) < 4.78 is 0. The van der Waals surface area contributed by atoms with Gasteiger partial charge in [0.05, 0.1) is 0 Å². The Hall–Kier alpha value is -6.04. The summed E-state index contributed by atoms with van der Waals surface area (Å²) >= 11 is 4.51. The van der Waals surface area contributed by atoms with Crippen molar-refractivity contribution >= 4 is 75.2 Å². The average Bonchev–Trinajstić information content (AvgIpc) is 3.90. The molecular weight excluding hydrogens is 659 g/mol. The van der Waals surface area contributed by atoms with Gasteiger partial charge in [-0.3, -0.25) is 0 Å². The minimum absolute atomic E-state index is 0.312. The summed E-state index contributed by atoms with van der Waals surface area (Å²) in [4.78, 5) is 29.1. The van der Waals surface area contributed by atoms with Gasteiger partial charge < -0.3 is 15.1 Å². The van der Waals surface area contributed by atoms with Crippen LogP contribution in [0.5, 0.6) is 0 Å². The van der Waals surface area contributed by atoms with Gasteiger partial charge in [-0.2, -0.15) is 10.5 Å². The van der Waals surface area contributed by atoms with Gasteiger partial charge in [0.25, 0.3) is 0 Å². The van der Waals surface area contributed by atoms with E-state index in [0.29, 0.717) is 9.75 Å². The molecule has 0 spiro atoms. The van der Waals surface area contributed by atoms with E-state index in [9.17, 15) is 19.8 Å². The third-order valence-corrected chi connectivity index (χ3v) is 10.4. The van der Waals surface area contributed by atoms with Gasteiger partial charge in [0, 0.05) is 41.4 Å². The lowest BCUT2D eigenvalue weighted by Gasteiger charge is -2.26. The number of carboxylic acid groups (broad SMARTS) is 2. The van der Waals surface area contributed by atoms with E-state index in [1.165, 1.54) is 39.7 Å². The van der Waals surface area contributed by atoms with Crippen LogP contribution in [0.25, 0.3) is 43.5 Å². The van der Waals surface area contributed by atoms with Crippen LogP contribution in [0.3, 0.4) is 0 Å². The van der Waals surface area contributed by atoms with Gasteiger partial charge in [-0.05, 0) is 101 Å². The second-order valence-corrected chi connectivity index (χ2v) is 13.5. The van der Waals surface area contributed by atoms with Gasteiger partial charge in [-0.1, -0.05) is 42.5 Å². The molecule has 3 aromatic carbocycles. The molecule has 0 saturated heterocycles. The van der Waals surface area contributed by atoms with Gasteiger partial charge in [0.2, 0.25) is 0 Å². The number of rotatable bonds is 10. The fourth-order valence-electron chi connectivity index (χ4n) is 4.95. The van der Waals surface area contributed by atoms with Crippen LogP contribution in [-0.4, -0.2) is 22.2 Å². The molecule has 0 saturated carbocycles. The third-order valence-electron chi connectivity index (χ3n) is 7.28. The molecule has 0 fully saturated rings. The molecular formula is C38H23N3O4S3. The van der Waals surface area contributed by atoms with Crippen LogP contribution in [0.15, 0.2) is 126 Å². The molecule has 6 rings (SSSR count). The lowest BCUT2D eigenvalue weighted by Crippen LogP contribution is -2.09. The maximum absolute atomic E-state index is 11.3.